The minimum Gasteiger partial charge on any atom is -0.486 e. The molecular weight excluding hydrogens is 334 g/mol. The smallest absolute Gasteiger partial charge is 0.330 e. The van der Waals surface area contributed by atoms with Crippen LogP contribution >= 0.6 is 0 Å². The Morgan fingerprint density at radius 3 is 2.62 bits per heavy atom. The van der Waals surface area contributed by atoms with Crippen LogP contribution in [-0.2, 0) is 20.6 Å². The Balaban J connectivity index is 1.58. The fourth-order valence-electron chi connectivity index (χ4n) is 3.46. The highest BCUT2D eigenvalue weighted by atomic mass is 16.6. The van der Waals surface area contributed by atoms with Gasteiger partial charge in [0.1, 0.15) is 13.2 Å². The molecule has 1 aliphatic carbocycles. The molecule has 1 atom stereocenters. The van der Waals surface area contributed by atoms with E-state index < -0.39 is 0 Å². The summed E-state index contributed by atoms with van der Waals surface area (Å²) in [6, 6.07) is 6.19. The number of nitrogens with one attached hydrogen (secondary N) is 1. The van der Waals surface area contributed by atoms with Crippen molar-refractivity contribution >= 4 is 0 Å². The Bertz CT molecular complexity index is 943. The van der Waals surface area contributed by atoms with E-state index in [0.717, 1.165) is 34.5 Å². The van der Waals surface area contributed by atoms with Crippen molar-refractivity contribution in [3.8, 4) is 11.5 Å². The first-order valence-electron chi connectivity index (χ1n) is 8.93. The first kappa shape index (κ1) is 16.9. The van der Waals surface area contributed by atoms with Crippen LogP contribution in [-0.4, -0.2) is 22.3 Å². The van der Waals surface area contributed by atoms with Crippen molar-refractivity contribution < 1.29 is 9.47 Å². The van der Waals surface area contributed by atoms with Gasteiger partial charge in [0.25, 0.3) is 5.56 Å². The third kappa shape index (κ3) is 3.14. The van der Waals surface area contributed by atoms with Gasteiger partial charge in [-0.25, -0.2) is 4.79 Å². The van der Waals surface area contributed by atoms with Gasteiger partial charge in [0, 0.05) is 38.4 Å². The van der Waals surface area contributed by atoms with Crippen LogP contribution in [0.3, 0.4) is 0 Å². The number of hydrogen-bond donors (Lipinski definition) is 1. The lowest BCUT2D eigenvalue weighted by atomic mass is 10.0. The van der Waals surface area contributed by atoms with Gasteiger partial charge in [0.2, 0.25) is 0 Å². The van der Waals surface area contributed by atoms with E-state index >= 15 is 0 Å². The van der Waals surface area contributed by atoms with Gasteiger partial charge in [-0.15, -0.1) is 0 Å². The third-order valence-corrected chi connectivity index (χ3v) is 5.05. The third-order valence-electron chi connectivity index (χ3n) is 5.05. The molecule has 2 aromatic rings. The zero-order valence-corrected chi connectivity index (χ0v) is 15.0. The van der Waals surface area contributed by atoms with Crippen molar-refractivity contribution in [2.24, 2.45) is 20.0 Å². The SMILES string of the molecule is Cn1cc(CNC(c2ccc3c(c2)OCCO3)C2CC2)c(=O)n(C)c1=O. The summed E-state index contributed by atoms with van der Waals surface area (Å²) in [5.74, 6) is 2.11. The molecule has 7 heteroatoms. The van der Waals surface area contributed by atoms with Crippen molar-refractivity contribution in [2.75, 3.05) is 13.2 Å². The monoisotopic (exact) mass is 357 g/mol. The maximum Gasteiger partial charge on any atom is 0.330 e. The second kappa shape index (κ2) is 6.64. The normalized spacial score (nSPS) is 17.2. The number of hydrogen-bond acceptors (Lipinski definition) is 5. The molecule has 1 aromatic heterocycles. The maximum absolute atomic E-state index is 12.3. The van der Waals surface area contributed by atoms with Crippen LogP contribution in [0, 0.1) is 5.92 Å². The average Bonchev–Trinajstić information content (AvgIpc) is 3.49. The fourth-order valence-corrected chi connectivity index (χ4v) is 3.46. The van der Waals surface area contributed by atoms with E-state index in [1.165, 1.54) is 11.6 Å². The van der Waals surface area contributed by atoms with Gasteiger partial charge in [0.05, 0.1) is 0 Å². The van der Waals surface area contributed by atoms with Crippen molar-refractivity contribution in [2.45, 2.75) is 25.4 Å². The summed E-state index contributed by atoms with van der Waals surface area (Å²) in [6.07, 6.45) is 3.94. The first-order valence-corrected chi connectivity index (χ1v) is 8.93. The molecule has 2 heterocycles. The van der Waals surface area contributed by atoms with Crippen molar-refractivity contribution in [3.63, 3.8) is 0 Å². The second-order valence-electron chi connectivity index (χ2n) is 7.01. The van der Waals surface area contributed by atoms with E-state index in [2.05, 4.69) is 11.4 Å². The van der Waals surface area contributed by atoms with Crippen LogP contribution < -0.4 is 26.0 Å². The van der Waals surface area contributed by atoms with E-state index in [1.54, 1.807) is 13.2 Å². The fraction of sp³-hybridized carbons (Fsp3) is 0.474. The zero-order chi connectivity index (χ0) is 18.3. The predicted molar refractivity (Wildman–Crippen MR) is 96.7 cm³/mol. The van der Waals surface area contributed by atoms with Crippen LogP contribution in [0.25, 0.3) is 0 Å². The number of aryl methyl sites for hydroxylation is 1. The summed E-state index contributed by atoms with van der Waals surface area (Å²) >= 11 is 0. The van der Waals surface area contributed by atoms with Gasteiger partial charge in [-0.2, -0.15) is 0 Å². The van der Waals surface area contributed by atoms with E-state index in [9.17, 15) is 9.59 Å². The maximum atomic E-state index is 12.3. The number of benzene rings is 1. The molecule has 1 aliphatic heterocycles. The van der Waals surface area contributed by atoms with Gasteiger partial charge in [-0.05, 0) is 36.5 Å². The largest absolute Gasteiger partial charge is 0.486 e. The molecule has 0 radical (unpaired) electrons. The van der Waals surface area contributed by atoms with E-state index in [-0.39, 0.29) is 17.3 Å². The van der Waals surface area contributed by atoms with Crippen LogP contribution in [0.4, 0.5) is 0 Å². The van der Waals surface area contributed by atoms with Gasteiger partial charge in [-0.3, -0.25) is 9.36 Å². The Labute approximate surface area is 151 Å². The lowest BCUT2D eigenvalue weighted by molar-refractivity contribution is 0.171. The van der Waals surface area contributed by atoms with Crippen LogP contribution in [0.5, 0.6) is 11.5 Å². The first-order chi connectivity index (χ1) is 12.5. The molecule has 1 saturated carbocycles. The number of nitrogens with zero attached hydrogens (tertiary/aromatic N) is 2. The predicted octanol–water partition coefficient (Wildman–Crippen LogP) is 1.10. The summed E-state index contributed by atoms with van der Waals surface area (Å²) < 4.78 is 13.9. The molecule has 2 aliphatic rings. The van der Waals surface area contributed by atoms with Crippen LogP contribution in [0.1, 0.15) is 30.0 Å². The summed E-state index contributed by atoms with van der Waals surface area (Å²) in [6.45, 7) is 1.55. The molecule has 0 bridgehead atoms. The molecule has 1 aromatic carbocycles. The lowest BCUT2D eigenvalue weighted by Crippen LogP contribution is -2.40. The summed E-state index contributed by atoms with van der Waals surface area (Å²) in [4.78, 5) is 24.2. The summed E-state index contributed by atoms with van der Waals surface area (Å²) in [5, 5.41) is 3.51. The molecule has 0 saturated heterocycles. The number of ether oxygens (including phenoxy) is 2. The zero-order valence-electron chi connectivity index (χ0n) is 15.0. The van der Waals surface area contributed by atoms with Gasteiger partial charge in [0.15, 0.2) is 11.5 Å². The minimum atomic E-state index is -0.315. The van der Waals surface area contributed by atoms with Crippen molar-refractivity contribution in [1.82, 2.24) is 14.5 Å². The van der Waals surface area contributed by atoms with E-state index in [4.69, 9.17) is 9.47 Å². The Kier molecular flexibility index (Phi) is 4.32. The molecule has 138 valence electrons. The van der Waals surface area contributed by atoms with E-state index in [0.29, 0.717) is 31.2 Å². The Morgan fingerprint density at radius 1 is 1.15 bits per heavy atom. The molecule has 1 N–H and O–H groups in total. The van der Waals surface area contributed by atoms with Crippen LogP contribution in [0.2, 0.25) is 0 Å². The molecule has 4 rings (SSSR count). The molecular formula is C19H23N3O4. The van der Waals surface area contributed by atoms with Crippen LogP contribution in [0.15, 0.2) is 34.0 Å². The molecule has 1 unspecified atom stereocenters. The summed E-state index contributed by atoms with van der Waals surface area (Å²) in [7, 11) is 3.16. The highest BCUT2D eigenvalue weighted by Crippen LogP contribution is 2.43. The van der Waals surface area contributed by atoms with Crippen molar-refractivity contribution in [1.29, 1.82) is 0 Å². The standard InChI is InChI=1S/C19H23N3O4/c1-21-11-14(18(23)22(2)19(21)24)10-20-17(12-3-4-12)13-5-6-15-16(9-13)26-8-7-25-15/h5-6,9,11-12,17,20H,3-4,7-8,10H2,1-2H3. The molecule has 7 nitrogen and oxygen atoms in total. The molecule has 0 spiro atoms. The number of aromatic nitrogens is 2. The molecule has 1 fully saturated rings. The second-order valence-corrected chi connectivity index (χ2v) is 7.01. The van der Waals surface area contributed by atoms with E-state index in [1.807, 2.05) is 12.1 Å². The summed E-state index contributed by atoms with van der Waals surface area (Å²) in [5.41, 5.74) is 1.15. The lowest BCUT2D eigenvalue weighted by Gasteiger charge is -2.23. The van der Waals surface area contributed by atoms with Gasteiger partial charge < -0.3 is 19.4 Å². The Hall–Kier alpha value is -2.54. The quantitative estimate of drug-likeness (QED) is 0.867. The highest BCUT2D eigenvalue weighted by molar-refractivity contribution is 5.45. The molecule has 26 heavy (non-hydrogen) atoms. The highest BCUT2D eigenvalue weighted by Gasteiger charge is 2.33. The van der Waals surface area contributed by atoms with Gasteiger partial charge in [-0.1, -0.05) is 6.07 Å². The molecule has 0 amide bonds. The number of fused-ring (bicyclic) bond motifs is 1. The topological polar surface area (TPSA) is 74.5 Å². The number of rotatable bonds is 5. The van der Waals surface area contributed by atoms with Gasteiger partial charge >= 0.3 is 5.69 Å². The Morgan fingerprint density at radius 2 is 1.88 bits per heavy atom. The minimum absolute atomic E-state index is 0.146. The van der Waals surface area contributed by atoms with Crippen molar-refractivity contribution in [3.05, 3.63) is 56.4 Å². The average molecular weight is 357 g/mol.